The third-order valence-electron chi connectivity index (χ3n) is 5.80. The SMILES string of the molecule is COC(=O)[C@@H](N[C@@H]1c2ccccc2C(=O)N1CCc1ccc(Cl)cc1)c1cccc(OC)c1. The van der Waals surface area contributed by atoms with Crippen molar-refractivity contribution < 1.29 is 19.1 Å². The van der Waals surface area contributed by atoms with Crippen molar-refractivity contribution in [2.24, 2.45) is 0 Å². The molecule has 0 spiro atoms. The highest BCUT2D eigenvalue weighted by Crippen LogP contribution is 2.34. The van der Waals surface area contributed by atoms with E-state index in [9.17, 15) is 9.59 Å². The maximum Gasteiger partial charge on any atom is 0.327 e. The first-order valence-electron chi connectivity index (χ1n) is 10.6. The zero-order valence-corrected chi connectivity index (χ0v) is 19.2. The predicted octanol–water partition coefficient (Wildman–Crippen LogP) is 4.55. The van der Waals surface area contributed by atoms with Crippen LogP contribution in [0, 0.1) is 0 Å². The van der Waals surface area contributed by atoms with Crippen LogP contribution >= 0.6 is 11.6 Å². The second-order valence-corrected chi connectivity index (χ2v) is 8.20. The summed E-state index contributed by atoms with van der Waals surface area (Å²) < 4.78 is 10.4. The van der Waals surface area contributed by atoms with E-state index in [1.165, 1.54) is 7.11 Å². The van der Waals surface area contributed by atoms with Crippen molar-refractivity contribution in [1.82, 2.24) is 10.2 Å². The Bertz CT molecular complexity index is 1150. The lowest BCUT2D eigenvalue weighted by Gasteiger charge is -2.30. The average Bonchev–Trinajstić information content (AvgIpc) is 3.12. The molecule has 1 heterocycles. The molecule has 0 fully saturated rings. The molecular formula is C26H25ClN2O4. The highest BCUT2D eigenvalue weighted by atomic mass is 35.5. The summed E-state index contributed by atoms with van der Waals surface area (Å²) in [7, 11) is 2.92. The van der Waals surface area contributed by atoms with Gasteiger partial charge >= 0.3 is 5.97 Å². The Balaban J connectivity index is 1.65. The number of amides is 1. The third kappa shape index (κ3) is 4.87. The van der Waals surface area contributed by atoms with Gasteiger partial charge in [-0.15, -0.1) is 0 Å². The Morgan fingerprint density at radius 2 is 1.82 bits per heavy atom. The zero-order chi connectivity index (χ0) is 23.4. The summed E-state index contributed by atoms with van der Waals surface area (Å²) in [6.45, 7) is 0.471. The molecule has 0 radical (unpaired) electrons. The van der Waals surface area contributed by atoms with E-state index in [4.69, 9.17) is 21.1 Å². The summed E-state index contributed by atoms with van der Waals surface area (Å²) in [4.78, 5) is 27.8. The van der Waals surface area contributed by atoms with Gasteiger partial charge in [-0.25, -0.2) is 4.79 Å². The number of fused-ring (bicyclic) bond motifs is 1. The van der Waals surface area contributed by atoms with Crippen LogP contribution in [0.5, 0.6) is 5.75 Å². The molecular weight excluding hydrogens is 440 g/mol. The van der Waals surface area contributed by atoms with Crippen molar-refractivity contribution in [3.05, 3.63) is 100 Å². The minimum atomic E-state index is -0.785. The monoisotopic (exact) mass is 464 g/mol. The molecule has 33 heavy (non-hydrogen) atoms. The highest BCUT2D eigenvalue weighted by molar-refractivity contribution is 6.30. The van der Waals surface area contributed by atoms with Gasteiger partial charge in [0.05, 0.1) is 14.2 Å². The topological polar surface area (TPSA) is 67.9 Å². The highest BCUT2D eigenvalue weighted by Gasteiger charge is 2.39. The van der Waals surface area contributed by atoms with Crippen molar-refractivity contribution in [1.29, 1.82) is 0 Å². The third-order valence-corrected chi connectivity index (χ3v) is 6.05. The maximum atomic E-state index is 13.3. The number of nitrogens with zero attached hydrogens (tertiary/aromatic N) is 1. The van der Waals surface area contributed by atoms with Crippen LogP contribution < -0.4 is 10.1 Å². The van der Waals surface area contributed by atoms with E-state index in [-0.39, 0.29) is 5.91 Å². The fourth-order valence-electron chi connectivity index (χ4n) is 4.08. The van der Waals surface area contributed by atoms with E-state index in [0.717, 1.165) is 11.1 Å². The number of esters is 1. The van der Waals surface area contributed by atoms with Gasteiger partial charge < -0.3 is 14.4 Å². The Hall–Kier alpha value is -3.35. The van der Waals surface area contributed by atoms with E-state index < -0.39 is 18.2 Å². The van der Waals surface area contributed by atoms with Crippen LogP contribution in [-0.2, 0) is 16.0 Å². The number of benzene rings is 3. The van der Waals surface area contributed by atoms with Crippen LogP contribution in [0.2, 0.25) is 5.02 Å². The van der Waals surface area contributed by atoms with Gasteiger partial charge in [-0.1, -0.05) is 54.1 Å². The van der Waals surface area contributed by atoms with Crippen molar-refractivity contribution in [2.45, 2.75) is 18.6 Å². The number of halogens is 1. The molecule has 0 aromatic heterocycles. The Morgan fingerprint density at radius 1 is 1.06 bits per heavy atom. The van der Waals surface area contributed by atoms with Crippen LogP contribution in [0.15, 0.2) is 72.8 Å². The van der Waals surface area contributed by atoms with E-state index in [2.05, 4.69) is 5.32 Å². The van der Waals surface area contributed by atoms with Gasteiger partial charge in [0.25, 0.3) is 5.91 Å². The van der Waals surface area contributed by atoms with Gasteiger partial charge in [-0.3, -0.25) is 10.1 Å². The van der Waals surface area contributed by atoms with Crippen LogP contribution in [0.25, 0.3) is 0 Å². The van der Waals surface area contributed by atoms with E-state index >= 15 is 0 Å². The molecule has 3 aromatic rings. The summed E-state index contributed by atoms with van der Waals surface area (Å²) in [6, 6.07) is 21.5. The van der Waals surface area contributed by atoms with Crippen molar-refractivity contribution >= 4 is 23.5 Å². The number of ether oxygens (including phenoxy) is 2. The van der Waals surface area contributed by atoms with E-state index in [1.54, 1.807) is 18.1 Å². The fourth-order valence-corrected chi connectivity index (χ4v) is 4.20. The Kier molecular flexibility index (Phi) is 6.96. The maximum absolute atomic E-state index is 13.3. The van der Waals surface area contributed by atoms with Crippen LogP contribution in [-0.4, -0.2) is 37.5 Å². The lowest BCUT2D eigenvalue weighted by Crippen LogP contribution is -2.42. The smallest absolute Gasteiger partial charge is 0.327 e. The molecule has 0 saturated heterocycles. The first-order chi connectivity index (χ1) is 16.0. The zero-order valence-electron chi connectivity index (χ0n) is 18.5. The van der Waals surface area contributed by atoms with Crippen LogP contribution in [0.3, 0.4) is 0 Å². The second kappa shape index (κ2) is 10.1. The minimum Gasteiger partial charge on any atom is -0.497 e. The first kappa shape index (κ1) is 22.8. The largest absolute Gasteiger partial charge is 0.497 e. The molecule has 2 atom stereocenters. The van der Waals surface area contributed by atoms with Crippen LogP contribution in [0.4, 0.5) is 0 Å². The molecule has 170 valence electrons. The Morgan fingerprint density at radius 3 is 2.55 bits per heavy atom. The number of carbonyl (C=O) groups excluding carboxylic acids is 2. The van der Waals surface area contributed by atoms with Crippen molar-refractivity contribution in [2.75, 3.05) is 20.8 Å². The fraction of sp³-hybridized carbons (Fsp3) is 0.231. The average molecular weight is 465 g/mol. The number of nitrogens with one attached hydrogen (secondary N) is 1. The number of methoxy groups -OCH3 is 2. The standard InChI is InChI=1S/C26H25ClN2O4/c1-32-20-7-5-6-18(16-20)23(26(31)33-2)28-24-21-8-3-4-9-22(21)25(30)29(24)15-14-17-10-12-19(27)13-11-17/h3-13,16,23-24,28H,14-15H2,1-2H3/t23-,24-/m0/s1. The van der Waals surface area contributed by atoms with Gasteiger partial charge in [0.15, 0.2) is 0 Å². The summed E-state index contributed by atoms with van der Waals surface area (Å²) in [6.07, 6.45) is 0.160. The molecule has 1 N–H and O–H groups in total. The lowest BCUT2D eigenvalue weighted by atomic mass is 10.0. The van der Waals surface area contributed by atoms with Gasteiger partial charge in [0.2, 0.25) is 0 Å². The summed E-state index contributed by atoms with van der Waals surface area (Å²) in [5.41, 5.74) is 3.21. The van der Waals surface area contributed by atoms with Crippen molar-refractivity contribution in [3.63, 3.8) is 0 Å². The van der Waals surface area contributed by atoms with E-state index in [0.29, 0.717) is 34.9 Å². The van der Waals surface area contributed by atoms with Gasteiger partial charge in [-0.2, -0.15) is 0 Å². The van der Waals surface area contributed by atoms with Gasteiger partial charge in [0, 0.05) is 22.7 Å². The number of rotatable bonds is 8. The van der Waals surface area contributed by atoms with Gasteiger partial charge in [-0.05, 0) is 47.9 Å². The number of hydrogen-bond donors (Lipinski definition) is 1. The minimum absolute atomic E-state index is 0.0775. The number of hydrogen-bond acceptors (Lipinski definition) is 5. The summed E-state index contributed by atoms with van der Waals surface area (Å²) in [5.74, 6) is 0.106. The predicted molar refractivity (Wildman–Crippen MR) is 126 cm³/mol. The lowest BCUT2D eigenvalue weighted by molar-refractivity contribution is -0.144. The molecule has 3 aromatic carbocycles. The van der Waals surface area contributed by atoms with E-state index in [1.807, 2.05) is 66.7 Å². The van der Waals surface area contributed by atoms with Crippen LogP contribution in [0.1, 0.15) is 39.3 Å². The molecule has 0 bridgehead atoms. The first-order valence-corrected chi connectivity index (χ1v) is 11.0. The molecule has 6 nitrogen and oxygen atoms in total. The molecule has 1 aliphatic rings. The second-order valence-electron chi connectivity index (χ2n) is 7.76. The molecule has 0 unspecified atom stereocenters. The molecule has 4 rings (SSSR count). The number of carbonyl (C=O) groups is 2. The molecule has 1 aliphatic heterocycles. The molecule has 0 aliphatic carbocycles. The summed E-state index contributed by atoms with van der Waals surface area (Å²) >= 11 is 6.00. The van der Waals surface area contributed by atoms with Gasteiger partial charge in [0.1, 0.15) is 18.0 Å². The molecule has 7 heteroatoms. The summed E-state index contributed by atoms with van der Waals surface area (Å²) in [5, 5.41) is 4.04. The molecule has 0 saturated carbocycles. The normalized spacial score (nSPS) is 15.8. The Labute approximate surface area is 198 Å². The van der Waals surface area contributed by atoms with Crippen molar-refractivity contribution in [3.8, 4) is 5.75 Å². The quantitative estimate of drug-likeness (QED) is 0.495. The molecule has 1 amide bonds.